The summed E-state index contributed by atoms with van der Waals surface area (Å²) in [6.45, 7) is 6.42. The van der Waals surface area contributed by atoms with E-state index < -0.39 is 0 Å². The number of anilines is 1. The lowest BCUT2D eigenvalue weighted by molar-refractivity contribution is -0.123. The topological polar surface area (TPSA) is 82.3 Å². The zero-order valence-corrected chi connectivity index (χ0v) is 15.0. The van der Waals surface area contributed by atoms with Gasteiger partial charge in [0.05, 0.1) is 0 Å². The number of amides is 3. The second kappa shape index (κ2) is 7.44. The molecule has 1 unspecified atom stereocenters. The van der Waals surface area contributed by atoms with Gasteiger partial charge in [-0.05, 0) is 69.3 Å². The lowest BCUT2D eigenvalue weighted by Gasteiger charge is -2.23. The molecule has 0 aromatic heterocycles. The lowest BCUT2D eigenvalue weighted by atomic mass is 9.92. The summed E-state index contributed by atoms with van der Waals surface area (Å²) < 4.78 is 0. The van der Waals surface area contributed by atoms with Crippen LogP contribution in [0.15, 0.2) is 24.3 Å². The summed E-state index contributed by atoms with van der Waals surface area (Å²) in [5.74, 6) is 0.371. The summed E-state index contributed by atoms with van der Waals surface area (Å²) in [6.07, 6.45) is 3.27. The van der Waals surface area contributed by atoms with E-state index in [2.05, 4.69) is 21.3 Å². The van der Waals surface area contributed by atoms with Gasteiger partial charge in [-0.1, -0.05) is 12.1 Å². The highest BCUT2D eigenvalue weighted by Crippen LogP contribution is 2.58. The van der Waals surface area contributed by atoms with Gasteiger partial charge < -0.3 is 21.3 Å². The van der Waals surface area contributed by atoms with Gasteiger partial charge in [-0.25, -0.2) is 4.79 Å². The Morgan fingerprint density at radius 1 is 1.20 bits per heavy atom. The van der Waals surface area contributed by atoms with Crippen molar-refractivity contribution in [2.24, 2.45) is 11.3 Å². The van der Waals surface area contributed by atoms with Crippen LogP contribution in [-0.2, 0) is 11.3 Å². The number of benzene rings is 1. The Morgan fingerprint density at radius 2 is 1.88 bits per heavy atom. The van der Waals surface area contributed by atoms with Crippen molar-refractivity contribution in [2.75, 3.05) is 18.4 Å². The van der Waals surface area contributed by atoms with Crippen LogP contribution in [0.5, 0.6) is 0 Å². The van der Waals surface area contributed by atoms with Gasteiger partial charge in [0.15, 0.2) is 0 Å². The second-order valence-electron chi connectivity index (χ2n) is 7.54. The zero-order chi connectivity index (χ0) is 17.9. The fraction of sp³-hybridized carbons (Fsp3) is 0.579. The first-order valence-electron chi connectivity index (χ1n) is 9.13. The van der Waals surface area contributed by atoms with Crippen LogP contribution in [0.1, 0.15) is 38.7 Å². The Balaban J connectivity index is 1.44. The molecular formula is C19H28N4O2. The number of carbonyl (C=O) groups excluding carboxylic acids is 2. The van der Waals surface area contributed by atoms with Crippen molar-refractivity contribution < 1.29 is 9.59 Å². The van der Waals surface area contributed by atoms with Gasteiger partial charge in [-0.15, -0.1) is 0 Å². The third kappa shape index (κ3) is 4.51. The number of rotatable bonds is 5. The largest absolute Gasteiger partial charge is 0.352 e. The molecule has 136 valence electrons. The van der Waals surface area contributed by atoms with Crippen molar-refractivity contribution in [2.45, 2.75) is 45.7 Å². The van der Waals surface area contributed by atoms with E-state index in [1.165, 1.54) is 0 Å². The van der Waals surface area contributed by atoms with E-state index in [1.807, 2.05) is 38.1 Å². The predicted octanol–water partition coefficient (Wildman–Crippen LogP) is 2.22. The summed E-state index contributed by atoms with van der Waals surface area (Å²) in [5, 5.41) is 12.0. The third-order valence-corrected chi connectivity index (χ3v) is 5.20. The molecule has 4 N–H and O–H groups in total. The summed E-state index contributed by atoms with van der Waals surface area (Å²) in [4.78, 5) is 24.0. The quantitative estimate of drug-likeness (QED) is 0.661. The standard InChI is InChI=1S/C19H28N4O2/c1-13(2)22-18(25)23-15-5-3-14(4-6-15)12-21-17(24)16-11-19(16)7-9-20-10-8-19/h3-6,13,16,20H,7-12H2,1-2H3,(H,21,24)(H2,22,23,25). The Kier molecular flexibility index (Phi) is 5.27. The number of urea groups is 1. The molecule has 1 aromatic rings. The van der Waals surface area contributed by atoms with Crippen LogP contribution in [-0.4, -0.2) is 31.1 Å². The van der Waals surface area contributed by atoms with Crippen molar-refractivity contribution in [3.63, 3.8) is 0 Å². The minimum atomic E-state index is -0.211. The molecule has 1 aliphatic heterocycles. The molecule has 2 aliphatic rings. The smallest absolute Gasteiger partial charge is 0.319 e. The van der Waals surface area contributed by atoms with Crippen LogP contribution in [0.4, 0.5) is 10.5 Å². The van der Waals surface area contributed by atoms with Crippen LogP contribution in [0, 0.1) is 11.3 Å². The Hall–Kier alpha value is -2.08. The molecule has 6 nitrogen and oxygen atoms in total. The highest BCUT2D eigenvalue weighted by molar-refractivity contribution is 5.89. The fourth-order valence-corrected chi connectivity index (χ4v) is 3.64. The number of piperidine rings is 1. The van der Waals surface area contributed by atoms with E-state index in [0.29, 0.717) is 6.54 Å². The van der Waals surface area contributed by atoms with Gasteiger partial charge in [0.25, 0.3) is 0 Å². The molecule has 3 rings (SSSR count). The van der Waals surface area contributed by atoms with E-state index in [1.54, 1.807) is 0 Å². The molecule has 1 aromatic carbocycles. The second-order valence-corrected chi connectivity index (χ2v) is 7.54. The lowest BCUT2D eigenvalue weighted by Crippen LogP contribution is -2.34. The Labute approximate surface area is 149 Å². The monoisotopic (exact) mass is 344 g/mol. The maximum atomic E-state index is 12.4. The van der Waals surface area contributed by atoms with Gasteiger partial charge in [-0.2, -0.15) is 0 Å². The predicted molar refractivity (Wildman–Crippen MR) is 98.2 cm³/mol. The summed E-state index contributed by atoms with van der Waals surface area (Å²) in [7, 11) is 0. The SMILES string of the molecule is CC(C)NC(=O)Nc1ccc(CNC(=O)C2CC23CCNCC3)cc1. The molecule has 0 bridgehead atoms. The molecule has 25 heavy (non-hydrogen) atoms. The molecule has 1 heterocycles. The van der Waals surface area contributed by atoms with Crippen molar-refractivity contribution in [1.29, 1.82) is 0 Å². The van der Waals surface area contributed by atoms with Crippen LogP contribution < -0.4 is 21.3 Å². The maximum Gasteiger partial charge on any atom is 0.319 e. The zero-order valence-electron chi connectivity index (χ0n) is 15.0. The van der Waals surface area contributed by atoms with Gasteiger partial charge >= 0.3 is 6.03 Å². The normalized spacial score (nSPS) is 21.0. The molecular weight excluding hydrogens is 316 g/mol. The van der Waals surface area contributed by atoms with E-state index >= 15 is 0 Å². The fourth-order valence-electron chi connectivity index (χ4n) is 3.64. The van der Waals surface area contributed by atoms with E-state index in [4.69, 9.17) is 0 Å². The highest BCUT2D eigenvalue weighted by Gasteiger charge is 2.57. The van der Waals surface area contributed by atoms with Gasteiger partial charge in [0, 0.05) is 24.2 Å². The van der Waals surface area contributed by atoms with Crippen molar-refractivity contribution in [1.82, 2.24) is 16.0 Å². The van der Waals surface area contributed by atoms with Crippen LogP contribution in [0.3, 0.4) is 0 Å². The molecule has 0 radical (unpaired) electrons. The first kappa shape index (κ1) is 17.7. The molecule has 6 heteroatoms. The molecule has 1 saturated heterocycles. The first-order chi connectivity index (χ1) is 12.0. The molecule has 3 amide bonds. The molecule has 1 aliphatic carbocycles. The number of nitrogens with one attached hydrogen (secondary N) is 4. The van der Waals surface area contributed by atoms with Crippen LogP contribution >= 0.6 is 0 Å². The van der Waals surface area contributed by atoms with E-state index in [9.17, 15) is 9.59 Å². The summed E-state index contributed by atoms with van der Waals surface area (Å²) in [6, 6.07) is 7.45. The van der Waals surface area contributed by atoms with E-state index in [0.717, 1.165) is 43.6 Å². The molecule has 1 spiro atoms. The van der Waals surface area contributed by atoms with Crippen molar-refractivity contribution >= 4 is 17.6 Å². The number of carbonyl (C=O) groups is 2. The summed E-state index contributed by atoms with van der Waals surface area (Å²) >= 11 is 0. The van der Waals surface area contributed by atoms with Crippen LogP contribution in [0.2, 0.25) is 0 Å². The minimum absolute atomic E-state index is 0.0974. The third-order valence-electron chi connectivity index (χ3n) is 5.20. The average Bonchev–Trinajstić information content (AvgIpc) is 3.27. The summed E-state index contributed by atoms with van der Waals surface area (Å²) in [5.41, 5.74) is 2.04. The van der Waals surface area contributed by atoms with Gasteiger partial charge in [0.1, 0.15) is 0 Å². The van der Waals surface area contributed by atoms with Crippen molar-refractivity contribution in [3.05, 3.63) is 29.8 Å². The Morgan fingerprint density at radius 3 is 2.52 bits per heavy atom. The maximum absolute atomic E-state index is 12.4. The molecule has 2 fully saturated rings. The van der Waals surface area contributed by atoms with Crippen molar-refractivity contribution in [3.8, 4) is 0 Å². The van der Waals surface area contributed by atoms with E-state index in [-0.39, 0.29) is 29.3 Å². The average molecular weight is 344 g/mol. The molecule has 1 saturated carbocycles. The highest BCUT2D eigenvalue weighted by atomic mass is 16.2. The van der Waals surface area contributed by atoms with Gasteiger partial charge in [-0.3, -0.25) is 4.79 Å². The number of hydrogen-bond donors (Lipinski definition) is 4. The minimum Gasteiger partial charge on any atom is -0.352 e. The first-order valence-corrected chi connectivity index (χ1v) is 9.13. The van der Waals surface area contributed by atoms with Gasteiger partial charge in [0.2, 0.25) is 5.91 Å². The molecule has 1 atom stereocenters. The Bertz CT molecular complexity index is 621. The van der Waals surface area contributed by atoms with Crippen LogP contribution in [0.25, 0.3) is 0 Å². The number of hydrogen-bond acceptors (Lipinski definition) is 3.